The molecule has 0 aliphatic heterocycles. The number of carbonyl (C=O) groups excluding carboxylic acids is 2. The number of rotatable bonds is 41. The Morgan fingerprint density at radius 3 is 1.43 bits per heavy atom. The molecule has 0 saturated heterocycles. The summed E-state index contributed by atoms with van der Waals surface area (Å²) < 4.78 is 33.2. The van der Waals surface area contributed by atoms with Crippen molar-refractivity contribution in [2.45, 2.75) is 187 Å². The molecule has 0 aliphatic carbocycles. The van der Waals surface area contributed by atoms with E-state index in [1.165, 1.54) is 70.6 Å². The number of hydrogen-bond acceptors (Lipinski definition) is 8. The van der Waals surface area contributed by atoms with Gasteiger partial charge in [0, 0.05) is 19.4 Å². The highest BCUT2D eigenvalue weighted by atomic mass is 31.2. The first-order chi connectivity index (χ1) is 27.3. The minimum absolute atomic E-state index is 0.0249. The molecule has 0 aromatic rings. The van der Waals surface area contributed by atoms with Gasteiger partial charge in [0.15, 0.2) is 6.10 Å². The first-order valence-corrected chi connectivity index (χ1v) is 23.7. The van der Waals surface area contributed by atoms with E-state index in [-0.39, 0.29) is 26.1 Å². The lowest BCUT2D eigenvalue weighted by molar-refractivity contribution is -0.161. The summed E-state index contributed by atoms with van der Waals surface area (Å²) in [7, 11) is -2.66. The molecule has 0 saturated carbocycles. The number of unbranched alkanes of at least 4 members (excludes halogenated alkanes) is 17. The van der Waals surface area contributed by atoms with Gasteiger partial charge in [-0.25, -0.2) is 4.57 Å². The fourth-order valence-corrected chi connectivity index (χ4v) is 6.46. The summed E-state index contributed by atoms with van der Waals surface area (Å²) in [5.74, 6) is -0.844. The van der Waals surface area contributed by atoms with E-state index in [1.54, 1.807) is 7.05 Å². The van der Waals surface area contributed by atoms with E-state index in [0.29, 0.717) is 19.4 Å². The summed E-state index contributed by atoms with van der Waals surface area (Å²) >= 11 is 0. The second-order valence-electron chi connectivity index (χ2n) is 14.5. The lowest BCUT2D eigenvalue weighted by atomic mass is 10.1. The zero-order valence-corrected chi connectivity index (χ0v) is 36.7. The minimum atomic E-state index is -4.36. The maximum Gasteiger partial charge on any atom is 0.472 e. The second kappa shape index (κ2) is 42.3. The van der Waals surface area contributed by atoms with Crippen molar-refractivity contribution in [1.82, 2.24) is 5.32 Å². The van der Waals surface area contributed by atoms with E-state index in [1.807, 2.05) is 0 Å². The van der Waals surface area contributed by atoms with Crippen LogP contribution < -0.4 is 5.32 Å². The van der Waals surface area contributed by atoms with Gasteiger partial charge in [0.05, 0.1) is 13.2 Å². The third-order valence-corrected chi connectivity index (χ3v) is 10.1. The van der Waals surface area contributed by atoms with Gasteiger partial charge in [-0.2, -0.15) is 0 Å². The lowest BCUT2D eigenvalue weighted by Gasteiger charge is -2.20. The average Bonchev–Trinajstić information content (AvgIpc) is 3.18. The molecule has 2 atom stereocenters. The normalized spacial score (nSPS) is 13.9. The number of ether oxygens (including phenoxy) is 2. The Bertz CT molecular complexity index is 1100. The second-order valence-corrected chi connectivity index (χ2v) is 16.0. The van der Waals surface area contributed by atoms with Crippen molar-refractivity contribution in [2.24, 2.45) is 0 Å². The van der Waals surface area contributed by atoms with Crippen molar-refractivity contribution in [3.63, 3.8) is 0 Å². The quantitative estimate of drug-likeness (QED) is 0.0269. The predicted molar refractivity (Wildman–Crippen MR) is 234 cm³/mol. The molecule has 0 aromatic carbocycles. The third-order valence-electron chi connectivity index (χ3n) is 9.11. The summed E-state index contributed by atoms with van der Waals surface area (Å²) in [6.07, 6.45) is 48.3. The van der Waals surface area contributed by atoms with Crippen LogP contribution in [0.1, 0.15) is 181 Å². The zero-order chi connectivity index (χ0) is 41.1. The molecule has 324 valence electrons. The van der Waals surface area contributed by atoms with E-state index >= 15 is 0 Å². The van der Waals surface area contributed by atoms with Crippen LogP contribution in [0.25, 0.3) is 0 Å². The number of likely N-dealkylation sites (N-methyl/N-ethyl adjacent to an activating group) is 1. The van der Waals surface area contributed by atoms with Crippen molar-refractivity contribution in [1.29, 1.82) is 0 Å². The molecule has 10 heteroatoms. The molecule has 0 radical (unpaired) electrons. The Hall–Kier alpha value is -2.29. The van der Waals surface area contributed by atoms with E-state index in [0.717, 1.165) is 70.6 Å². The number of hydrogen-bond donors (Lipinski definition) is 2. The Labute approximate surface area is 342 Å². The van der Waals surface area contributed by atoms with Crippen LogP contribution in [0.15, 0.2) is 60.8 Å². The minimum Gasteiger partial charge on any atom is -0.462 e. The van der Waals surface area contributed by atoms with Crippen LogP contribution in [0, 0.1) is 0 Å². The average molecular weight is 808 g/mol. The number of nitrogens with one attached hydrogen (secondary N) is 1. The Kier molecular flexibility index (Phi) is 40.6. The molecule has 0 aromatic heterocycles. The zero-order valence-electron chi connectivity index (χ0n) is 35.8. The summed E-state index contributed by atoms with van der Waals surface area (Å²) in [5.41, 5.74) is 0. The van der Waals surface area contributed by atoms with E-state index in [2.05, 4.69) is 79.9 Å². The molecule has 0 bridgehead atoms. The maximum absolute atomic E-state index is 12.6. The van der Waals surface area contributed by atoms with Crippen LogP contribution in [0.3, 0.4) is 0 Å². The van der Waals surface area contributed by atoms with Crippen LogP contribution in [-0.2, 0) is 32.7 Å². The number of phosphoric ester groups is 1. The number of esters is 2. The number of carbonyl (C=O) groups is 2. The van der Waals surface area contributed by atoms with Crippen molar-refractivity contribution in [2.75, 3.05) is 33.4 Å². The third kappa shape index (κ3) is 41.3. The summed E-state index contributed by atoms with van der Waals surface area (Å²) in [6, 6.07) is 0. The van der Waals surface area contributed by atoms with Gasteiger partial charge in [0.25, 0.3) is 0 Å². The predicted octanol–water partition coefficient (Wildman–Crippen LogP) is 12.8. The molecule has 0 aliphatic rings. The maximum atomic E-state index is 12.6. The van der Waals surface area contributed by atoms with Gasteiger partial charge in [-0.15, -0.1) is 0 Å². The highest BCUT2D eigenvalue weighted by Crippen LogP contribution is 2.43. The van der Waals surface area contributed by atoms with Gasteiger partial charge < -0.3 is 19.7 Å². The molecule has 2 unspecified atom stereocenters. The number of allylic oxidation sites excluding steroid dienone is 10. The molecule has 0 spiro atoms. The molecule has 9 nitrogen and oxygen atoms in total. The summed E-state index contributed by atoms with van der Waals surface area (Å²) in [5, 5.41) is 2.82. The van der Waals surface area contributed by atoms with Crippen molar-refractivity contribution >= 4 is 19.8 Å². The van der Waals surface area contributed by atoms with Crippen molar-refractivity contribution in [3.05, 3.63) is 60.8 Å². The molecule has 0 amide bonds. The Morgan fingerprint density at radius 1 is 0.554 bits per heavy atom. The fourth-order valence-electron chi connectivity index (χ4n) is 5.71. The highest BCUT2D eigenvalue weighted by Gasteiger charge is 2.26. The van der Waals surface area contributed by atoms with Crippen molar-refractivity contribution < 1.29 is 37.6 Å². The van der Waals surface area contributed by atoms with E-state index in [9.17, 15) is 19.0 Å². The first-order valence-electron chi connectivity index (χ1n) is 22.2. The molecule has 56 heavy (non-hydrogen) atoms. The fraction of sp³-hybridized carbons (Fsp3) is 0.739. The molecule has 0 fully saturated rings. The van der Waals surface area contributed by atoms with E-state index < -0.39 is 32.5 Å². The van der Waals surface area contributed by atoms with Crippen LogP contribution in [-0.4, -0.2) is 56.3 Å². The van der Waals surface area contributed by atoms with Crippen LogP contribution in [0.5, 0.6) is 0 Å². The van der Waals surface area contributed by atoms with Crippen LogP contribution >= 0.6 is 7.82 Å². The van der Waals surface area contributed by atoms with Gasteiger partial charge in [-0.1, -0.05) is 145 Å². The Balaban J connectivity index is 4.28. The monoisotopic (exact) mass is 808 g/mol. The standard InChI is InChI=1S/C46H82NO8P/c1-4-6-8-10-12-14-16-18-20-22-24-26-28-30-32-34-36-38-45(48)52-42-44(43-54-56(50,51)53-41-40-47-3)55-46(49)39-37-35-33-31-29-27-25-23-21-19-17-15-13-11-9-7-5-2/h12-15,18-21,24,26,44,47H,4-11,16-17,22-23,25,27-43H2,1-3H3,(H,50,51)/b14-12-,15-13-,20-18-,21-19-,26-24-. The molecule has 0 rings (SSSR count). The van der Waals surface area contributed by atoms with Gasteiger partial charge in [0.2, 0.25) is 0 Å². The summed E-state index contributed by atoms with van der Waals surface area (Å²) in [6.45, 7) is 4.13. The first kappa shape index (κ1) is 53.7. The largest absolute Gasteiger partial charge is 0.472 e. The molecular formula is C46H82NO8P. The molecule has 0 heterocycles. The lowest BCUT2D eigenvalue weighted by Crippen LogP contribution is -2.29. The molecule has 2 N–H and O–H groups in total. The topological polar surface area (TPSA) is 120 Å². The SMILES string of the molecule is CCCCC/C=C\C/C=C\C/C=C\CCCCCCC(=O)OCC(COP(=O)(O)OCCNC)OC(=O)CCCCCCCCC/C=C\C/C=C\CCCCC. The molecular weight excluding hydrogens is 725 g/mol. The van der Waals surface area contributed by atoms with Gasteiger partial charge in [-0.05, 0) is 90.5 Å². The van der Waals surface area contributed by atoms with Gasteiger partial charge in [-0.3, -0.25) is 18.6 Å². The van der Waals surface area contributed by atoms with Gasteiger partial charge >= 0.3 is 19.8 Å². The van der Waals surface area contributed by atoms with Gasteiger partial charge in [0.1, 0.15) is 6.61 Å². The van der Waals surface area contributed by atoms with Crippen LogP contribution in [0.2, 0.25) is 0 Å². The smallest absolute Gasteiger partial charge is 0.462 e. The Morgan fingerprint density at radius 2 is 0.964 bits per heavy atom. The number of phosphoric acid groups is 1. The van der Waals surface area contributed by atoms with Crippen molar-refractivity contribution in [3.8, 4) is 0 Å². The highest BCUT2D eigenvalue weighted by molar-refractivity contribution is 7.47. The van der Waals surface area contributed by atoms with E-state index in [4.69, 9.17) is 18.5 Å². The summed E-state index contributed by atoms with van der Waals surface area (Å²) in [4.78, 5) is 35.1. The van der Waals surface area contributed by atoms with Crippen LogP contribution in [0.4, 0.5) is 0 Å².